The largest absolute Gasteiger partial charge is 0.323 e. The first-order chi connectivity index (χ1) is 9.47. The highest BCUT2D eigenvalue weighted by Gasteiger charge is 2.24. The third-order valence-corrected chi connectivity index (χ3v) is 4.01. The Balaban J connectivity index is 2.01. The van der Waals surface area contributed by atoms with Gasteiger partial charge in [-0.3, -0.25) is 4.79 Å². The lowest BCUT2D eigenvalue weighted by molar-refractivity contribution is -0.121. The predicted octanol–water partition coefficient (Wildman–Crippen LogP) is 3.23. The van der Waals surface area contributed by atoms with E-state index in [0.29, 0.717) is 5.69 Å². The zero-order chi connectivity index (χ0) is 14.7. The van der Waals surface area contributed by atoms with Crippen molar-refractivity contribution in [3.8, 4) is 0 Å². The molecular formula is C16H23FN2O. The first-order valence-corrected chi connectivity index (χ1v) is 7.26. The van der Waals surface area contributed by atoms with Crippen LogP contribution in [-0.4, -0.2) is 30.9 Å². The summed E-state index contributed by atoms with van der Waals surface area (Å²) >= 11 is 0. The molecule has 3 nitrogen and oxygen atoms in total. The van der Waals surface area contributed by atoms with E-state index in [0.717, 1.165) is 31.5 Å². The summed E-state index contributed by atoms with van der Waals surface area (Å²) in [5.74, 6) is -0.134. The predicted molar refractivity (Wildman–Crippen MR) is 79.3 cm³/mol. The first kappa shape index (κ1) is 15.0. The van der Waals surface area contributed by atoms with E-state index in [4.69, 9.17) is 0 Å². The maximum atomic E-state index is 14.0. The van der Waals surface area contributed by atoms with Crippen molar-refractivity contribution < 1.29 is 9.18 Å². The van der Waals surface area contributed by atoms with Gasteiger partial charge in [-0.2, -0.15) is 0 Å². The van der Waals surface area contributed by atoms with Crippen LogP contribution in [0.4, 0.5) is 10.1 Å². The molecule has 0 unspecified atom stereocenters. The Morgan fingerprint density at radius 2 is 2.00 bits per heavy atom. The summed E-state index contributed by atoms with van der Waals surface area (Å²) in [7, 11) is 2.05. The van der Waals surface area contributed by atoms with Crippen LogP contribution in [0.5, 0.6) is 0 Å². The lowest BCUT2D eigenvalue weighted by Crippen LogP contribution is -2.36. The number of benzene rings is 1. The summed E-state index contributed by atoms with van der Waals surface area (Å²) in [5.41, 5.74) is 1.23. The molecule has 1 aromatic carbocycles. The van der Waals surface area contributed by atoms with Crippen molar-refractivity contribution in [1.82, 2.24) is 4.90 Å². The van der Waals surface area contributed by atoms with E-state index in [2.05, 4.69) is 17.3 Å². The molecule has 1 saturated heterocycles. The smallest absolute Gasteiger partial charge is 0.227 e. The fourth-order valence-electron chi connectivity index (χ4n) is 2.50. The summed E-state index contributed by atoms with van der Waals surface area (Å²) in [5, 5.41) is 2.73. The minimum absolute atomic E-state index is 0.00428. The van der Waals surface area contributed by atoms with E-state index in [-0.39, 0.29) is 23.6 Å². The van der Waals surface area contributed by atoms with Crippen LogP contribution in [0.1, 0.15) is 38.2 Å². The van der Waals surface area contributed by atoms with Gasteiger partial charge in [0, 0.05) is 5.92 Å². The van der Waals surface area contributed by atoms with E-state index < -0.39 is 0 Å². The van der Waals surface area contributed by atoms with Gasteiger partial charge in [-0.1, -0.05) is 19.9 Å². The molecule has 1 aromatic rings. The quantitative estimate of drug-likeness (QED) is 0.920. The molecule has 1 heterocycles. The van der Waals surface area contributed by atoms with Crippen molar-refractivity contribution in [2.75, 3.05) is 25.5 Å². The fourth-order valence-corrected chi connectivity index (χ4v) is 2.50. The maximum Gasteiger partial charge on any atom is 0.227 e. The van der Waals surface area contributed by atoms with Gasteiger partial charge in [-0.25, -0.2) is 4.39 Å². The molecule has 1 aliphatic heterocycles. The molecule has 1 fully saturated rings. The number of nitrogens with one attached hydrogen (secondary N) is 1. The van der Waals surface area contributed by atoms with Gasteiger partial charge in [-0.15, -0.1) is 0 Å². The first-order valence-electron chi connectivity index (χ1n) is 7.26. The minimum atomic E-state index is -0.350. The molecule has 2 rings (SSSR count). The third kappa shape index (κ3) is 3.57. The number of hydrogen-bond donors (Lipinski definition) is 1. The molecule has 0 radical (unpaired) electrons. The number of halogens is 1. The highest BCUT2D eigenvalue weighted by atomic mass is 19.1. The highest BCUT2D eigenvalue weighted by molar-refractivity contribution is 5.92. The number of rotatable bonds is 3. The Bertz CT molecular complexity index is 479. The number of amides is 1. The molecule has 1 amide bonds. The van der Waals surface area contributed by atoms with Crippen molar-refractivity contribution in [2.24, 2.45) is 5.92 Å². The van der Waals surface area contributed by atoms with E-state index >= 15 is 0 Å². The van der Waals surface area contributed by atoms with Crippen LogP contribution in [0.15, 0.2) is 18.2 Å². The minimum Gasteiger partial charge on any atom is -0.323 e. The summed E-state index contributed by atoms with van der Waals surface area (Å²) in [4.78, 5) is 14.4. The summed E-state index contributed by atoms with van der Waals surface area (Å²) in [6, 6.07) is 5.05. The number of nitrogens with zero attached hydrogens (tertiary/aromatic N) is 1. The zero-order valence-corrected chi connectivity index (χ0v) is 12.4. The molecule has 0 aliphatic carbocycles. The van der Waals surface area contributed by atoms with Gasteiger partial charge in [0.25, 0.3) is 0 Å². The van der Waals surface area contributed by atoms with E-state index in [1.165, 1.54) is 6.07 Å². The standard InChI is InChI=1S/C16H23FN2O/c1-11(2)13-4-5-15(14(17)10-13)18-16(20)12-6-8-19(3)9-7-12/h4-5,10-12H,6-9H2,1-3H3,(H,18,20). The summed E-state index contributed by atoms with van der Waals surface area (Å²) < 4.78 is 14.0. The topological polar surface area (TPSA) is 32.3 Å². The number of carbonyl (C=O) groups is 1. The monoisotopic (exact) mass is 278 g/mol. The number of carbonyl (C=O) groups excluding carboxylic acids is 1. The van der Waals surface area contributed by atoms with Crippen molar-refractivity contribution >= 4 is 11.6 Å². The number of likely N-dealkylation sites (tertiary alicyclic amines) is 1. The van der Waals surface area contributed by atoms with Crippen LogP contribution in [0, 0.1) is 11.7 Å². The van der Waals surface area contributed by atoms with Gasteiger partial charge in [0.2, 0.25) is 5.91 Å². The Morgan fingerprint density at radius 1 is 1.35 bits per heavy atom. The second kappa shape index (κ2) is 6.35. The normalized spacial score (nSPS) is 17.4. The van der Waals surface area contributed by atoms with Crippen LogP contribution in [0.25, 0.3) is 0 Å². The fraction of sp³-hybridized carbons (Fsp3) is 0.562. The molecule has 1 aliphatic rings. The maximum absolute atomic E-state index is 14.0. The van der Waals surface area contributed by atoms with Crippen LogP contribution < -0.4 is 5.32 Å². The molecule has 0 bridgehead atoms. The summed E-state index contributed by atoms with van der Waals surface area (Å²) in [6.45, 7) is 5.89. The van der Waals surface area contributed by atoms with Crippen molar-refractivity contribution in [1.29, 1.82) is 0 Å². The Kier molecular flexibility index (Phi) is 4.76. The molecule has 0 atom stereocenters. The van der Waals surface area contributed by atoms with Gasteiger partial charge in [0.1, 0.15) is 5.82 Å². The lowest BCUT2D eigenvalue weighted by Gasteiger charge is -2.28. The lowest BCUT2D eigenvalue weighted by atomic mass is 9.96. The van der Waals surface area contributed by atoms with Crippen LogP contribution in [-0.2, 0) is 4.79 Å². The van der Waals surface area contributed by atoms with Crippen molar-refractivity contribution in [3.05, 3.63) is 29.6 Å². The molecule has 1 N–H and O–H groups in total. The van der Waals surface area contributed by atoms with Gasteiger partial charge < -0.3 is 10.2 Å². The summed E-state index contributed by atoms with van der Waals surface area (Å²) in [6.07, 6.45) is 1.68. The second-order valence-corrected chi connectivity index (χ2v) is 5.96. The Labute approximate surface area is 120 Å². The molecule has 20 heavy (non-hydrogen) atoms. The van der Waals surface area contributed by atoms with E-state index in [1.807, 2.05) is 19.9 Å². The molecule has 110 valence electrons. The highest BCUT2D eigenvalue weighted by Crippen LogP contribution is 2.23. The SMILES string of the molecule is CC(C)c1ccc(NC(=O)C2CCN(C)CC2)c(F)c1. The second-order valence-electron chi connectivity index (χ2n) is 5.96. The third-order valence-electron chi connectivity index (χ3n) is 4.01. The Morgan fingerprint density at radius 3 is 2.55 bits per heavy atom. The van der Waals surface area contributed by atoms with Crippen LogP contribution in [0.2, 0.25) is 0 Å². The van der Waals surface area contributed by atoms with Crippen LogP contribution in [0.3, 0.4) is 0 Å². The van der Waals surface area contributed by atoms with Gasteiger partial charge in [-0.05, 0) is 56.6 Å². The van der Waals surface area contributed by atoms with E-state index in [9.17, 15) is 9.18 Å². The number of anilines is 1. The molecular weight excluding hydrogens is 255 g/mol. The van der Waals surface area contributed by atoms with E-state index in [1.54, 1.807) is 6.07 Å². The number of hydrogen-bond acceptors (Lipinski definition) is 2. The molecule has 0 aromatic heterocycles. The number of piperidine rings is 1. The van der Waals surface area contributed by atoms with Gasteiger partial charge >= 0.3 is 0 Å². The van der Waals surface area contributed by atoms with Crippen molar-refractivity contribution in [3.63, 3.8) is 0 Å². The zero-order valence-electron chi connectivity index (χ0n) is 12.4. The van der Waals surface area contributed by atoms with Gasteiger partial charge in [0.05, 0.1) is 5.69 Å². The molecule has 4 heteroatoms. The van der Waals surface area contributed by atoms with Crippen molar-refractivity contribution in [2.45, 2.75) is 32.6 Å². The average Bonchev–Trinajstić information content (AvgIpc) is 2.41. The van der Waals surface area contributed by atoms with Gasteiger partial charge in [0.15, 0.2) is 0 Å². The van der Waals surface area contributed by atoms with Crippen LogP contribution >= 0.6 is 0 Å². The molecule has 0 spiro atoms. The molecule has 0 saturated carbocycles. The Hall–Kier alpha value is -1.42. The average molecular weight is 278 g/mol.